The number of fused-ring (bicyclic) bond motifs is 4. The highest BCUT2D eigenvalue weighted by atomic mass is 16.5. The number of aliphatic hydroxyl groups is 2. The van der Waals surface area contributed by atoms with Crippen LogP contribution in [0.1, 0.15) is 37.9 Å². The van der Waals surface area contributed by atoms with Gasteiger partial charge < -0.3 is 14.9 Å². The minimum Gasteiger partial charge on any atom is -0.497 e. The standard InChI is InChI=1S/C20H26N2O3/c1-3-20(24)12-22-9-7-13(20)10-18(22)19(23)15-6-8-21-17-5-4-14(25-2)11-16(15)17/h4-6,8,11,13,18-19,23-24H,3,7,9-10,12H2,1-2H3/t13-,18+,19-,20+/m0/s1. The second-order valence-electron chi connectivity index (χ2n) is 7.44. The van der Waals surface area contributed by atoms with E-state index in [-0.39, 0.29) is 12.0 Å². The van der Waals surface area contributed by atoms with Crippen LogP contribution in [0, 0.1) is 5.92 Å². The zero-order valence-corrected chi connectivity index (χ0v) is 14.9. The molecule has 0 radical (unpaired) electrons. The zero-order valence-electron chi connectivity index (χ0n) is 14.9. The Morgan fingerprint density at radius 3 is 2.92 bits per heavy atom. The Kier molecular flexibility index (Phi) is 4.18. The van der Waals surface area contributed by atoms with Gasteiger partial charge in [-0.15, -0.1) is 0 Å². The van der Waals surface area contributed by atoms with Crippen molar-refractivity contribution in [2.24, 2.45) is 5.92 Å². The molecule has 2 aromatic rings. The molecule has 5 atom stereocenters. The maximum atomic E-state index is 11.2. The summed E-state index contributed by atoms with van der Waals surface area (Å²) in [5.41, 5.74) is 1.15. The van der Waals surface area contributed by atoms with E-state index in [0.29, 0.717) is 6.54 Å². The van der Waals surface area contributed by atoms with Gasteiger partial charge in [0, 0.05) is 24.2 Å². The third-order valence-electron chi connectivity index (χ3n) is 6.27. The molecule has 0 saturated carbocycles. The normalized spacial score (nSPS) is 32.7. The fraction of sp³-hybridized carbons (Fsp3) is 0.550. The van der Waals surface area contributed by atoms with Gasteiger partial charge in [-0.3, -0.25) is 9.88 Å². The van der Waals surface area contributed by atoms with Crippen molar-refractivity contribution in [1.29, 1.82) is 0 Å². The molecule has 5 rings (SSSR count). The number of aromatic nitrogens is 1. The average Bonchev–Trinajstić information content (AvgIpc) is 2.66. The molecule has 1 aromatic carbocycles. The monoisotopic (exact) mass is 342 g/mol. The topological polar surface area (TPSA) is 65.8 Å². The van der Waals surface area contributed by atoms with Gasteiger partial charge in [-0.2, -0.15) is 0 Å². The number of rotatable bonds is 4. The first kappa shape index (κ1) is 16.8. The Hall–Kier alpha value is -1.69. The van der Waals surface area contributed by atoms with E-state index >= 15 is 0 Å². The maximum absolute atomic E-state index is 11.2. The summed E-state index contributed by atoms with van der Waals surface area (Å²) in [4.78, 5) is 6.67. The number of hydrogen-bond acceptors (Lipinski definition) is 5. The van der Waals surface area contributed by atoms with Gasteiger partial charge in [0.2, 0.25) is 0 Å². The van der Waals surface area contributed by atoms with Crippen LogP contribution >= 0.6 is 0 Å². The first-order chi connectivity index (χ1) is 12.1. The van der Waals surface area contributed by atoms with Crippen LogP contribution in [0.25, 0.3) is 10.9 Å². The molecule has 1 aromatic heterocycles. The Bertz CT molecular complexity index is 781. The smallest absolute Gasteiger partial charge is 0.119 e. The summed E-state index contributed by atoms with van der Waals surface area (Å²) >= 11 is 0. The molecule has 3 aliphatic heterocycles. The number of pyridine rings is 1. The van der Waals surface area contributed by atoms with Crippen LogP contribution in [0.3, 0.4) is 0 Å². The minimum absolute atomic E-state index is 0.0439. The molecule has 3 fully saturated rings. The molecule has 25 heavy (non-hydrogen) atoms. The third-order valence-corrected chi connectivity index (χ3v) is 6.27. The summed E-state index contributed by atoms with van der Waals surface area (Å²) in [6.45, 7) is 3.65. The predicted octanol–water partition coefficient (Wildman–Crippen LogP) is 2.51. The Morgan fingerprint density at radius 2 is 2.24 bits per heavy atom. The van der Waals surface area contributed by atoms with Crippen LogP contribution < -0.4 is 4.74 Å². The SMILES string of the molecule is CC[C@@]1(O)CN2CC[C@H]1C[C@@H]2[C@@H](O)c1ccnc2ccc(OC)cc12. The second-order valence-corrected chi connectivity index (χ2v) is 7.44. The molecule has 0 spiro atoms. The molecule has 5 nitrogen and oxygen atoms in total. The van der Waals surface area contributed by atoms with Crippen molar-refractivity contribution in [3.8, 4) is 5.75 Å². The minimum atomic E-state index is -0.599. The van der Waals surface area contributed by atoms with Gasteiger partial charge in [-0.1, -0.05) is 6.92 Å². The molecule has 4 heterocycles. The number of hydrogen-bond donors (Lipinski definition) is 2. The van der Waals surface area contributed by atoms with Crippen LogP contribution in [0.5, 0.6) is 5.75 Å². The summed E-state index contributed by atoms with van der Waals surface area (Å²) in [5.74, 6) is 1.03. The zero-order chi connectivity index (χ0) is 17.6. The largest absolute Gasteiger partial charge is 0.497 e. The van der Waals surface area contributed by atoms with E-state index in [1.807, 2.05) is 24.3 Å². The third kappa shape index (κ3) is 2.71. The second kappa shape index (κ2) is 6.24. The predicted molar refractivity (Wildman–Crippen MR) is 96.6 cm³/mol. The fourth-order valence-corrected chi connectivity index (χ4v) is 4.68. The van der Waals surface area contributed by atoms with Gasteiger partial charge in [0.05, 0.1) is 24.3 Å². The van der Waals surface area contributed by atoms with E-state index < -0.39 is 11.7 Å². The Balaban J connectivity index is 1.68. The number of aliphatic hydroxyl groups excluding tert-OH is 1. The van der Waals surface area contributed by atoms with Gasteiger partial charge in [0.15, 0.2) is 0 Å². The van der Waals surface area contributed by atoms with Crippen molar-refractivity contribution in [2.75, 3.05) is 20.2 Å². The van der Waals surface area contributed by atoms with Crippen molar-refractivity contribution >= 4 is 10.9 Å². The molecule has 3 aliphatic rings. The Morgan fingerprint density at radius 1 is 1.40 bits per heavy atom. The summed E-state index contributed by atoms with van der Waals surface area (Å²) < 4.78 is 5.34. The van der Waals surface area contributed by atoms with Crippen molar-refractivity contribution in [3.05, 3.63) is 36.0 Å². The molecule has 3 saturated heterocycles. The first-order valence-corrected chi connectivity index (χ1v) is 9.13. The highest BCUT2D eigenvalue weighted by Gasteiger charge is 2.50. The summed E-state index contributed by atoms with van der Waals surface area (Å²) in [6, 6.07) is 7.70. The highest BCUT2D eigenvalue weighted by Crippen LogP contribution is 2.44. The molecule has 1 unspecified atom stereocenters. The fourth-order valence-electron chi connectivity index (χ4n) is 4.68. The van der Waals surface area contributed by atoms with Gasteiger partial charge >= 0.3 is 0 Å². The lowest BCUT2D eigenvalue weighted by atomic mass is 9.69. The Labute approximate surface area is 148 Å². The van der Waals surface area contributed by atoms with E-state index in [1.165, 1.54) is 0 Å². The van der Waals surface area contributed by atoms with Gasteiger partial charge in [-0.25, -0.2) is 0 Å². The number of piperidine rings is 3. The van der Waals surface area contributed by atoms with Crippen LogP contribution in [0.4, 0.5) is 0 Å². The van der Waals surface area contributed by atoms with Gasteiger partial charge in [0.25, 0.3) is 0 Å². The van der Waals surface area contributed by atoms with E-state index in [2.05, 4.69) is 16.8 Å². The van der Waals surface area contributed by atoms with Crippen molar-refractivity contribution < 1.29 is 14.9 Å². The van der Waals surface area contributed by atoms with Crippen molar-refractivity contribution in [1.82, 2.24) is 9.88 Å². The van der Waals surface area contributed by atoms with Gasteiger partial charge in [0.1, 0.15) is 5.75 Å². The molecular weight excluding hydrogens is 316 g/mol. The molecule has 5 heteroatoms. The molecule has 134 valence electrons. The first-order valence-electron chi connectivity index (χ1n) is 9.13. The molecule has 2 N–H and O–H groups in total. The van der Waals surface area contributed by atoms with Crippen LogP contribution in [-0.4, -0.2) is 51.9 Å². The van der Waals surface area contributed by atoms with E-state index in [9.17, 15) is 10.2 Å². The number of benzene rings is 1. The van der Waals surface area contributed by atoms with Crippen LogP contribution in [-0.2, 0) is 0 Å². The molecule has 2 bridgehead atoms. The van der Waals surface area contributed by atoms with Gasteiger partial charge in [-0.05, 0) is 61.6 Å². The molecule has 0 amide bonds. The lowest BCUT2D eigenvalue weighted by Crippen LogP contribution is -2.63. The average molecular weight is 342 g/mol. The summed E-state index contributed by atoms with van der Waals surface area (Å²) in [7, 11) is 1.64. The van der Waals surface area contributed by atoms with Crippen LogP contribution in [0.15, 0.2) is 30.5 Å². The van der Waals surface area contributed by atoms with E-state index in [0.717, 1.165) is 48.0 Å². The van der Waals surface area contributed by atoms with Crippen LogP contribution in [0.2, 0.25) is 0 Å². The van der Waals surface area contributed by atoms with Crippen molar-refractivity contribution in [2.45, 2.75) is 43.9 Å². The number of ether oxygens (including phenoxy) is 1. The number of methoxy groups -OCH3 is 1. The highest BCUT2D eigenvalue weighted by molar-refractivity contribution is 5.83. The molecule has 0 aliphatic carbocycles. The summed E-state index contributed by atoms with van der Waals surface area (Å²) in [6.07, 6.45) is 3.78. The van der Waals surface area contributed by atoms with Crippen molar-refractivity contribution in [3.63, 3.8) is 0 Å². The molecular formula is C20H26N2O3. The number of nitrogens with zero attached hydrogens (tertiary/aromatic N) is 2. The summed E-state index contributed by atoms with van der Waals surface area (Å²) in [5, 5.41) is 22.9. The quantitative estimate of drug-likeness (QED) is 0.894. The van der Waals surface area contributed by atoms with E-state index in [4.69, 9.17) is 4.74 Å². The maximum Gasteiger partial charge on any atom is 0.119 e. The lowest BCUT2D eigenvalue weighted by Gasteiger charge is -2.55. The van der Waals surface area contributed by atoms with E-state index in [1.54, 1.807) is 13.3 Å². The lowest BCUT2D eigenvalue weighted by molar-refractivity contribution is -0.153.